The van der Waals surface area contributed by atoms with Crippen LogP contribution in [0, 0.1) is 5.92 Å². The van der Waals surface area contributed by atoms with E-state index >= 15 is 0 Å². The van der Waals surface area contributed by atoms with Gasteiger partial charge in [-0.15, -0.1) is 0 Å². The van der Waals surface area contributed by atoms with Gasteiger partial charge in [-0.1, -0.05) is 40.7 Å². The van der Waals surface area contributed by atoms with Crippen LogP contribution < -0.4 is 0 Å². The van der Waals surface area contributed by atoms with Crippen LogP contribution in [-0.2, 0) is 12.8 Å². The highest BCUT2D eigenvalue weighted by Gasteiger charge is 1.98. The average Bonchev–Trinajstić information content (AvgIpc) is 2.20. The maximum Gasteiger partial charge on any atom is 0.0300 e. The first-order chi connectivity index (χ1) is 6.72. The predicted octanol–water partition coefficient (Wildman–Crippen LogP) is 3.87. The molecule has 14 heavy (non-hydrogen) atoms. The highest BCUT2D eigenvalue weighted by molar-refractivity contribution is 5.18. The van der Waals surface area contributed by atoms with Gasteiger partial charge in [0.2, 0.25) is 0 Å². The molecule has 0 saturated carbocycles. The lowest BCUT2D eigenvalue weighted by Gasteiger charge is -2.05. The Morgan fingerprint density at radius 1 is 1.14 bits per heavy atom. The van der Waals surface area contributed by atoms with Gasteiger partial charge in [0, 0.05) is 12.4 Å². The van der Waals surface area contributed by atoms with E-state index in [1.807, 2.05) is 26.2 Å². The molecule has 80 valence electrons. The van der Waals surface area contributed by atoms with Gasteiger partial charge in [0.15, 0.2) is 0 Å². The standard InChI is InChI=1S/C11H17N.C2H6/c1-4-10-6-11(5-9(2)3)8-12-7-10;1-2/h6-9H,4-5H2,1-3H3;1-2H3. The normalized spacial score (nSPS) is 9.57. The lowest BCUT2D eigenvalue weighted by Crippen LogP contribution is -1.95. The van der Waals surface area contributed by atoms with Crippen LogP contribution in [0.2, 0.25) is 0 Å². The van der Waals surface area contributed by atoms with E-state index in [-0.39, 0.29) is 0 Å². The minimum absolute atomic E-state index is 0.721. The summed E-state index contributed by atoms with van der Waals surface area (Å²) < 4.78 is 0. The zero-order valence-electron chi connectivity index (χ0n) is 10.2. The monoisotopic (exact) mass is 193 g/mol. The topological polar surface area (TPSA) is 12.9 Å². The Kier molecular flexibility index (Phi) is 7.09. The highest BCUT2D eigenvalue weighted by Crippen LogP contribution is 2.08. The van der Waals surface area contributed by atoms with Crippen molar-refractivity contribution < 1.29 is 0 Å². The van der Waals surface area contributed by atoms with Crippen LogP contribution in [0.15, 0.2) is 18.5 Å². The Morgan fingerprint density at radius 2 is 1.71 bits per heavy atom. The van der Waals surface area contributed by atoms with Gasteiger partial charge in [-0.25, -0.2) is 0 Å². The molecule has 0 aromatic carbocycles. The van der Waals surface area contributed by atoms with E-state index < -0.39 is 0 Å². The summed E-state index contributed by atoms with van der Waals surface area (Å²) in [7, 11) is 0. The Morgan fingerprint density at radius 3 is 2.21 bits per heavy atom. The summed E-state index contributed by atoms with van der Waals surface area (Å²) in [6.45, 7) is 10.6. The molecule has 0 aliphatic rings. The number of nitrogens with zero attached hydrogens (tertiary/aromatic N) is 1. The van der Waals surface area contributed by atoms with Gasteiger partial charge >= 0.3 is 0 Å². The zero-order chi connectivity index (χ0) is 11.0. The lowest BCUT2D eigenvalue weighted by molar-refractivity contribution is 0.645. The molecule has 0 unspecified atom stereocenters. The van der Waals surface area contributed by atoms with Crippen molar-refractivity contribution in [1.29, 1.82) is 0 Å². The third-order valence-electron chi connectivity index (χ3n) is 1.90. The Hall–Kier alpha value is -0.850. The van der Waals surface area contributed by atoms with Crippen molar-refractivity contribution >= 4 is 0 Å². The fraction of sp³-hybridized carbons (Fsp3) is 0.615. The molecule has 0 spiro atoms. The molecule has 0 bridgehead atoms. The molecule has 0 atom stereocenters. The minimum atomic E-state index is 0.721. The van der Waals surface area contributed by atoms with E-state index in [1.165, 1.54) is 11.1 Å². The molecule has 1 rings (SSSR count). The minimum Gasteiger partial charge on any atom is -0.264 e. The van der Waals surface area contributed by atoms with Crippen LogP contribution in [0.4, 0.5) is 0 Å². The molecule has 0 saturated heterocycles. The van der Waals surface area contributed by atoms with Gasteiger partial charge in [-0.2, -0.15) is 0 Å². The first-order valence-electron chi connectivity index (χ1n) is 5.65. The fourth-order valence-electron chi connectivity index (χ4n) is 1.32. The number of hydrogen-bond donors (Lipinski definition) is 0. The van der Waals surface area contributed by atoms with Gasteiger partial charge in [-0.05, 0) is 29.9 Å². The molecule has 0 amide bonds. The molecule has 1 nitrogen and oxygen atoms in total. The van der Waals surface area contributed by atoms with E-state index in [0.29, 0.717) is 0 Å². The van der Waals surface area contributed by atoms with Gasteiger partial charge < -0.3 is 0 Å². The maximum atomic E-state index is 4.21. The summed E-state index contributed by atoms with van der Waals surface area (Å²) in [6, 6.07) is 2.26. The van der Waals surface area contributed by atoms with Crippen LogP contribution in [0.25, 0.3) is 0 Å². The summed E-state index contributed by atoms with van der Waals surface area (Å²) in [5.41, 5.74) is 2.71. The molecule has 0 N–H and O–H groups in total. The molecule has 0 aliphatic carbocycles. The summed E-state index contributed by atoms with van der Waals surface area (Å²) >= 11 is 0. The van der Waals surface area contributed by atoms with Crippen molar-refractivity contribution in [3.63, 3.8) is 0 Å². The molecular formula is C13H23N. The van der Waals surface area contributed by atoms with Crippen molar-refractivity contribution in [2.75, 3.05) is 0 Å². The maximum absolute atomic E-state index is 4.21. The summed E-state index contributed by atoms with van der Waals surface area (Å²) in [6.07, 6.45) is 6.14. The predicted molar refractivity (Wildman–Crippen MR) is 63.5 cm³/mol. The number of pyridine rings is 1. The Bertz CT molecular complexity index is 241. The second kappa shape index (κ2) is 7.54. The zero-order valence-corrected chi connectivity index (χ0v) is 10.2. The van der Waals surface area contributed by atoms with Crippen molar-refractivity contribution in [3.05, 3.63) is 29.6 Å². The second-order valence-corrected chi connectivity index (χ2v) is 3.65. The van der Waals surface area contributed by atoms with E-state index in [1.54, 1.807) is 0 Å². The van der Waals surface area contributed by atoms with Gasteiger partial charge in [0.1, 0.15) is 0 Å². The van der Waals surface area contributed by atoms with E-state index in [2.05, 4.69) is 31.8 Å². The summed E-state index contributed by atoms with van der Waals surface area (Å²) in [5.74, 6) is 0.721. The quantitative estimate of drug-likeness (QED) is 0.710. The molecule has 1 aromatic heterocycles. The largest absolute Gasteiger partial charge is 0.264 e. The van der Waals surface area contributed by atoms with E-state index in [0.717, 1.165) is 18.8 Å². The molecule has 1 heterocycles. The van der Waals surface area contributed by atoms with Crippen LogP contribution >= 0.6 is 0 Å². The number of hydrogen-bond acceptors (Lipinski definition) is 1. The Labute approximate surface area is 88.6 Å². The highest BCUT2D eigenvalue weighted by atomic mass is 14.6. The first-order valence-corrected chi connectivity index (χ1v) is 5.65. The van der Waals surface area contributed by atoms with Crippen molar-refractivity contribution in [1.82, 2.24) is 4.98 Å². The van der Waals surface area contributed by atoms with Crippen molar-refractivity contribution in [3.8, 4) is 0 Å². The van der Waals surface area contributed by atoms with Gasteiger partial charge in [-0.3, -0.25) is 4.98 Å². The summed E-state index contributed by atoms with van der Waals surface area (Å²) in [5, 5.41) is 0. The molecule has 1 aromatic rings. The molecular weight excluding hydrogens is 170 g/mol. The van der Waals surface area contributed by atoms with Gasteiger partial charge in [0.25, 0.3) is 0 Å². The molecule has 0 radical (unpaired) electrons. The van der Waals surface area contributed by atoms with Crippen LogP contribution in [0.1, 0.15) is 45.7 Å². The van der Waals surface area contributed by atoms with E-state index in [4.69, 9.17) is 0 Å². The fourth-order valence-corrected chi connectivity index (χ4v) is 1.32. The van der Waals surface area contributed by atoms with Crippen molar-refractivity contribution in [2.24, 2.45) is 5.92 Å². The lowest BCUT2D eigenvalue weighted by atomic mass is 10.0. The van der Waals surface area contributed by atoms with Crippen LogP contribution in [0.5, 0.6) is 0 Å². The average molecular weight is 193 g/mol. The molecule has 0 aliphatic heterocycles. The van der Waals surface area contributed by atoms with Crippen molar-refractivity contribution in [2.45, 2.75) is 47.5 Å². The SMILES string of the molecule is CC.CCc1cncc(CC(C)C)c1. The number of aromatic nitrogens is 1. The van der Waals surface area contributed by atoms with E-state index in [9.17, 15) is 0 Å². The molecule has 0 fully saturated rings. The second-order valence-electron chi connectivity index (χ2n) is 3.65. The third kappa shape index (κ3) is 5.00. The number of rotatable bonds is 3. The third-order valence-corrected chi connectivity index (χ3v) is 1.90. The molecule has 1 heteroatoms. The van der Waals surface area contributed by atoms with Gasteiger partial charge in [0.05, 0.1) is 0 Å². The Balaban J connectivity index is 0.000000791. The number of aryl methyl sites for hydroxylation is 1. The first kappa shape index (κ1) is 13.2. The van der Waals surface area contributed by atoms with Crippen LogP contribution in [-0.4, -0.2) is 4.98 Å². The smallest absolute Gasteiger partial charge is 0.0300 e. The summed E-state index contributed by atoms with van der Waals surface area (Å²) in [4.78, 5) is 4.21. The van der Waals surface area contributed by atoms with Crippen LogP contribution in [0.3, 0.4) is 0 Å².